The van der Waals surface area contributed by atoms with Gasteiger partial charge in [-0.05, 0) is 35.2 Å². The molecule has 92 valence electrons. The van der Waals surface area contributed by atoms with Gasteiger partial charge < -0.3 is 0 Å². The summed E-state index contributed by atoms with van der Waals surface area (Å²) in [6.07, 6.45) is 4.64. The number of rotatable bonds is 2. The molecule has 0 radical (unpaired) electrons. The molecule has 1 nitrogen and oxygen atoms in total. The van der Waals surface area contributed by atoms with Gasteiger partial charge in [-0.15, -0.1) is 0 Å². The van der Waals surface area contributed by atoms with Crippen molar-refractivity contribution in [3.8, 4) is 11.1 Å². The predicted octanol–water partition coefficient (Wildman–Crippen LogP) is 4.78. The number of nitrogens with zero attached hydrogens (tertiary/aromatic N) is 1. The van der Waals surface area contributed by atoms with Gasteiger partial charge in [0.2, 0.25) is 0 Å². The molecule has 0 unspecified atom stereocenters. The van der Waals surface area contributed by atoms with Crippen LogP contribution < -0.4 is 0 Å². The molecule has 1 heteroatoms. The van der Waals surface area contributed by atoms with E-state index in [0.717, 1.165) is 5.92 Å². The number of aromatic nitrogens is 1. The van der Waals surface area contributed by atoms with E-state index in [1.807, 2.05) is 6.20 Å². The molecule has 2 aromatic carbocycles. The van der Waals surface area contributed by atoms with E-state index >= 15 is 0 Å². The van der Waals surface area contributed by atoms with Crippen LogP contribution in [0.15, 0.2) is 60.8 Å². The van der Waals surface area contributed by atoms with Gasteiger partial charge >= 0.3 is 0 Å². The largest absolute Gasteiger partial charge is 0.260 e. The molecular weight excluding hydrogens is 230 g/mol. The summed E-state index contributed by atoms with van der Waals surface area (Å²) in [5.74, 6) is 0.724. The molecule has 1 saturated carbocycles. The van der Waals surface area contributed by atoms with Gasteiger partial charge in [0, 0.05) is 23.4 Å². The van der Waals surface area contributed by atoms with E-state index in [2.05, 4.69) is 59.6 Å². The van der Waals surface area contributed by atoms with Crippen LogP contribution in [0, 0.1) is 0 Å². The average Bonchev–Trinajstić information content (AvgIpc) is 3.32. The third kappa shape index (κ3) is 1.91. The molecule has 0 saturated heterocycles. The maximum atomic E-state index is 4.62. The maximum absolute atomic E-state index is 4.62. The Morgan fingerprint density at radius 1 is 0.842 bits per heavy atom. The quantitative estimate of drug-likeness (QED) is 0.633. The second kappa shape index (κ2) is 4.20. The number of pyridine rings is 1. The highest BCUT2D eigenvalue weighted by Gasteiger charge is 2.24. The predicted molar refractivity (Wildman–Crippen MR) is 79.2 cm³/mol. The second-order valence-electron chi connectivity index (χ2n) is 5.27. The van der Waals surface area contributed by atoms with Crippen molar-refractivity contribution in [1.82, 2.24) is 4.98 Å². The van der Waals surface area contributed by atoms with E-state index in [4.69, 9.17) is 0 Å². The van der Waals surface area contributed by atoms with Gasteiger partial charge in [0.05, 0.1) is 0 Å². The molecule has 0 amide bonds. The maximum Gasteiger partial charge on any atom is 0.0434 e. The Kier molecular flexibility index (Phi) is 2.37. The summed E-state index contributed by atoms with van der Waals surface area (Å²) in [5, 5.41) is 2.58. The molecular formula is C18H15N. The van der Waals surface area contributed by atoms with Crippen molar-refractivity contribution >= 4 is 10.8 Å². The fourth-order valence-corrected chi connectivity index (χ4v) is 2.66. The van der Waals surface area contributed by atoms with Crippen LogP contribution in [-0.2, 0) is 0 Å². The Morgan fingerprint density at radius 3 is 2.47 bits per heavy atom. The Balaban J connectivity index is 1.84. The summed E-state index contributed by atoms with van der Waals surface area (Å²) in [4.78, 5) is 4.62. The first-order valence-electron chi connectivity index (χ1n) is 6.86. The monoisotopic (exact) mass is 245 g/mol. The van der Waals surface area contributed by atoms with Gasteiger partial charge in [-0.2, -0.15) is 0 Å². The van der Waals surface area contributed by atoms with Crippen molar-refractivity contribution < 1.29 is 0 Å². The van der Waals surface area contributed by atoms with Gasteiger partial charge in [-0.1, -0.05) is 48.5 Å². The highest BCUT2D eigenvalue weighted by Crippen LogP contribution is 2.39. The molecule has 3 aromatic rings. The highest BCUT2D eigenvalue weighted by molar-refractivity contribution is 5.96. The van der Waals surface area contributed by atoms with E-state index in [-0.39, 0.29) is 0 Å². The molecule has 0 N–H and O–H groups in total. The van der Waals surface area contributed by atoms with Crippen molar-refractivity contribution in [2.45, 2.75) is 18.8 Å². The minimum Gasteiger partial charge on any atom is -0.260 e. The zero-order valence-electron chi connectivity index (χ0n) is 10.7. The Hall–Kier alpha value is -2.15. The standard InChI is InChI=1S/C18H15N/c1-2-6-16-13(4-1)5-3-7-17(16)15-10-11-18(19-12-15)14-8-9-14/h1-7,10-12,14H,8-9H2. The van der Waals surface area contributed by atoms with E-state index in [0.29, 0.717) is 0 Å². The lowest BCUT2D eigenvalue weighted by Gasteiger charge is -2.07. The molecule has 1 aromatic heterocycles. The lowest BCUT2D eigenvalue weighted by atomic mass is 9.99. The molecule has 0 aliphatic heterocycles. The summed E-state index contributed by atoms with van der Waals surface area (Å²) in [5.41, 5.74) is 3.73. The lowest BCUT2D eigenvalue weighted by molar-refractivity contribution is 1.02. The van der Waals surface area contributed by atoms with Gasteiger partial charge in [0.1, 0.15) is 0 Å². The first-order valence-corrected chi connectivity index (χ1v) is 6.86. The van der Waals surface area contributed by atoms with E-state index in [1.54, 1.807) is 0 Å². The van der Waals surface area contributed by atoms with Gasteiger partial charge in [-0.3, -0.25) is 4.98 Å². The first-order chi connectivity index (χ1) is 9.42. The van der Waals surface area contributed by atoms with Crippen molar-refractivity contribution in [2.24, 2.45) is 0 Å². The normalized spacial score (nSPS) is 14.7. The number of benzene rings is 2. The van der Waals surface area contributed by atoms with E-state index in [9.17, 15) is 0 Å². The molecule has 1 aliphatic rings. The fourth-order valence-electron chi connectivity index (χ4n) is 2.66. The van der Waals surface area contributed by atoms with Crippen LogP contribution in [0.1, 0.15) is 24.5 Å². The average molecular weight is 245 g/mol. The minimum absolute atomic E-state index is 0.724. The summed E-state index contributed by atoms with van der Waals surface area (Å²) in [7, 11) is 0. The van der Waals surface area contributed by atoms with Crippen LogP contribution in [-0.4, -0.2) is 4.98 Å². The van der Waals surface area contributed by atoms with Gasteiger partial charge in [0.25, 0.3) is 0 Å². The minimum atomic E-state index is 0.724. The van der Waals surface area contributed by atoms with Crippen molar-refractivity contribution in [3.63, 3.8) is 0 Å². The molecule has 0 atom stereocenters. The summed E-state index contributed by atoms with van der Waals surface area (Å²) >= 11 is 0. The Labute approximate surface area is 112 Å². The number of hydrogen-bond acceptors (Lipinski definition) is 1. The smallest absolute Gasteiger partial charge is 0.0434 e. The zero-order chi connectivity index (χ0) is 12.7. The summed E-state index contributed by atoms with van der Waals surface area (Å²) < 4.78 is 0. The lowest BCUT2D eigenvalue weighted by Crippen LogP contribution is -1.87. The van der Waals surface area contributed by atoms with Crippen LogP contribution in [0.2, 0.25) is 0 Å². The van der Waals surface area contributed by atoms with Crippen molar-refractivity contribution in [3.05, 3.63) is 66.5 Å². The molecule has 0 bridgehead atoms. The fraction of sp³-hybridized carbons (Fsp3) is 0.167. The van der Waals surface area contributed by atoms with Crippen LogP contribution in [0.5, 0.6) is 0 Å². The van der Waals surface area contributed by atoms with Crippen LogP contribution in [0.4, 0.5) is 0 Å². The molecule has 19 heavy (non-hydrogen) atoms. The zero-order valence-corrected chi connectivity index (χ0v) is 10.7. The molecule has 4 rings (SSSR count). The van der Waals surface area contributed by atoms with E-state index in [1.165, 1.54) is 40.4 Å². The summed E-state index contributed by atoms with van der Waals surface area (Å²) in [6.45, 7) is 0. The molecule has 0 spiro atoms. The molecule has 1 heterocycles. The van der Waals surface area contributed by atoms with Crippen LogP contribution in [0.3, 0.4) is 0 Å². The first kappa shape index (κ1) is 10.7. The third-order valence-corrected chi connectivity index (χ3v) is 3.88. The van der Waals surface area contributed by atoms with Crippen molar-refractivity contribution in [1.29, 1.82) is 0 Å². The SMILES string of the molecule is c1ccc2c(-c3ccc(C4CC4)nc3)cccc2c1. The van der Waals surface area contributed by atoms with Crippen molar-refractivity contribution in [2.75, 3.05) is 0 Å². The van der Waals surface area contributed by atoms with Crippen LogP contribution >= 0.6 is 0 Å². The number of hydrogen-bond donors (Lipinski definition) is 0. The second-order valence-corrected chi connectivity index (χ2v) is 5.27. The van der Waals surface area contributed by atoms with Gasteiger partial charge in [0.15, 0.2) is 0 Å². The number of fused-ring (bicyclic) bond motifs is 1. The molecule has 1 aliphatic carbocycles. The molecule has 1 fully saturated rings. The van der Waals surface area contributed by atoms with Crippen LogP contribution in [0.25, 0.3) is 21.9 Å². The Bertz CT molecular complexity index is 719. The third-order valence-electron chi connectivity index (χ3n) is 3.88. The topological polar surface area (TPSA) is 12.9 Å². The Morgan fingerprint density at radius 2 is 1.68 bits per heavy atom. The van der Waals surface area contributed by atoms with Gasteiger partial charge in [-0.25, -0.2) is 0 Å². The summed E-state index contributed by atoms with van der Waals surface area (Å²) in [6, 6.07) is 19.4. The highest BCUT2D eigenvalue weighted by atomic mass is 14.7. The van der Waals surface area contributed by atoms with E-state index < -0.39 is 0 Å².